The van der Waals surface area contributed by atoms with Crippen LogP contribution in [0.15, 0.2) is 133 Å². The summed E-state index contributed by atoms with van der Waals surface area (Å²) >= 11 is 0. The SMILES string of the molecule is CCCC[N+](CCCC)(CCCC)CCCC.CCCC[N+](CCCC)(CCCC)CCCC.O=C(Nc1ccc([N+](=O)[O-])cc1)Nc1ccccc1NC(=O)Nc1cccc2c(NC(=O)Nc3ccccc3NC(=O)Nc3ccc([N+](=O)[O-])cc3)cccc12.[Br-].[Br-]. The number of rotatable bonds is 34. The van der Waals surface area contributed by atoms with E-state index in [1.807, 2.05) is 0 Å². The number of para-hydroxylation sites is 4. The average Bonchev–Trinajstić information content (AvgIpc) is 0.923. The molecule has 22 heteroatoms. The number of benzene rings is 6. The largest absolute Gasteiger partial charge is 1.00 e. The molecule has 20 nitrogen and oxygen atoms in total. The van der Waals surface area contributed by atoms with Crippen LogP contribution < -0.4 is 76.5 Å². The van der Waals surface area contributed by atoms with Crippen molar-refractivity contribution in [1.82, 2.24) is 0 Å². The van der Waals surface area contributed by atoms with Crippen LogP contribution in [0.2, 0.25) is 0 Å². The number of fused-ring (bicyclic) bond motifs is 1. The first-order chi connectivity index (χ1) is 43.5. The minimum absolute atomic E-state index is 0. The number of urea groups is 4. The summed E-state index contributed by atoms with van der Waals surface area (Å²) in [6, 6.07) is 31.3. The van der Waals surface area contributed by atoms with E-state index in [-0.39, 0.29) is 68.1 Å². The zero-order valence-electron chi connectivity index (χ0n) is 55.5. The molecule has 0 saturated carbocycles. The van der Waals surface area contributed by atoms with Crippen molar-refractivity contribution in [3.63, 3.8) is 0 Å². The second-order valence-corrected chi connectivity index (χ2v) is 23.0. The Morgan fingerprint density at radius 3 is 0.728 bits per heavy atom. The van der Waals surface area contributed by atoms with Gasteiger partial charge in [0, 0.05) is 46.4 Å². The Bertz CT molecular complexity index is 2870. The third kappa shape index (κ3) is 28.5. The number of hydrogen-bond acceptors (Lipinski definition) is 8. The summed E-state index contributed by atoms with van der Waals surface area (Å²) in [6.07, 6.45) is 22.1. The van der Waals surface area contributed by atoms with Crippen LogP contribution in [0.1, 0.15) is 158 Å². The van der Waals surface area contributed by atoms with Crippen molar-refractivity contribution in [3.05, 3.63) is 154 Å². The average molecular weight is 1400 g/mol. The smallest absolute Gasteiger partial charge is 0.323 e. The maximum absolute atomic E-state index is 13.2. The topological polar surface area (TPSA) is 251 Å². The summed E-state index contributed by atoms with van der Waals surface area (Å²) in [6.45, 7) is 30.0. The van der Waals surface area contributed by atoms with Crippen LogP contribution in [0.5, 0.6) is 0 Å². The summed E-state index contributed by atoms with van der Waals surface area (Å²) in [5.74, 6) is 0. The molecule has 0 heterocycles. The monoisotopic (exact) mass is 1400 g/mol. The van der Waals surface area contributed by atoms with E-state index in [1.54, 1.807) is 84.9 Å². The van der Waals surface area contributed by atoms with E-state index < -0.39 is 34.0 Å². The molecule has 0 saturated heterocycles. The Morgan fingerprint density at radius 1 is 0.304 bits per heavy atom. The van der Waals surface area contributed by atoms with Gasteiger partial charge >= 0.3 is 24.1 Å². The van der Waals surface area contributed by atoms with Gasteiger partial charge in [0.2, 0.25) is 0 Å². The lowest BCUT2D eigenvalue weighted by molar-refractivity contribution is -0.929. The van der Waals surface area contributed by atoms with E-state index in [9.17, 15) is 39.4 Å². The highest BCUT2D eigenvalue weighted by Gasteiger charge is 2.26. The third-order valence-corrected chi connectivity index (χ3v) is 15.8. The molecule has 0 aliphatic heterocycles. The quantitative estimate of drug-likeness (QED) is 0.0109. The Kier molecular flexibility index (Phi) is 39.1. The van der Waals surface area contributed by atoms with E-state index in [1.165, 1.54) is 213 Å². The lowest BCUT2D eigenvalue weighted by Crippen LogP contribution is -3.00. The lowest BCUT2D eigenvalue weighted by Gasteiger charge is -2.39. The summed E-state index contributed by atoms with van der Waals surface area (Å²) in [5.41, 5.74) is 2.34. The molecule has 0 radical (unpaired) electrons. The van der Waals surface area contributed by atoms with Crippen molar-refractivity contribution in [3.8, 4) is 0 Å². The van der Waals surface area contributed by atoms with Gasteiger partial charge in [0.05, 0.1) is 96.3 Å². The van der Waals surface area contributed by atoms with E-state index in [4.69, 9.17) is 0 Å². The molecule has 504 valence electrons. The van der Waals surface area contributed by atoms with E-state index in [0.29, 0.717) is 33.5 Å². The van der Waals surface area contributed by atoms with Gasteiger partial charge in [0.15, 0.2) is 0 Å². The third-order valence-electron chi connectivity index (χ3n) is 15.8. The number of carbonyl (C=O) groups is 4. The van der Waals surface area contributed by atoms with Crippen LogP contribution in [0.25, 0.3) is 10.8 Å². The maximum Gasteiger partial charge on any atom is 0.323 e. The molecule has 0 bridgehead atoms. The van der Waals surface area contributed by atoms with Gasteiger partial charge in [-0.2, -0.15) is 0 Å². The summed E-state index contributed by atoms with van der Waals surface area (Å²) in [5, 5.41) is 44.5. The molecule has 8 amide bonds. The van der Waals surface area contributed by atoms with E-state index >= 15 is 0 Å². The fourth-order valence-electron chi connectivity index (χ4n) is 10.7. The zero-order chi connectivity index (χ0) is 65.6. The molecule has 92 heavy (non-hydrogen) atoms. The molecule has 6 aromatic rings. The van der Waals surface area contributed by atoms with Crippen molar-refractivity contribution in [2.45, 2.75) is 158 Å². The second-order valence-electron chi connectivity index (χ2n) is 23.0. The predicted octanol–water partition coefficient (Wildman–Crippen LogP) is 13.2. The summed E-state index contributed by atoms with van der Waals surface area (Å²) in [7, 11) is 0. The van der Waals surface area contributed by atoms with Crippen LogP contribution in [-0.2, 0) is 0 Å². The van der Waals surface area contributed by atoms with Crippen LogP contribution in [0.3, 0.4) is 0 Å². The molecule has 0 aliphatic carbocycles. The Morgan fingerprint density at radius 2 is 0.511 bits per heavy atom. The summed E-state index contributed by atoms with van der Waals surface area (Å²) < 4.78 is 2.84. The number of hydrogen-bond donors (Lipinski definition) is 8. The van der Waals surface area contributed by atoms with Crippen molar-refractivity contribution in [2.24, 2.45) is 0 Å². The highest BCUT2D eigenvalue weighted by atomic mass is 79.9. The molecule has 0 aliphatic rings. The number of quaternary nitrogens is 2. The second kappa shape index (κ2) is 44.8. The van der Waals surface area contributed by atoms with Gasteiger partial charge in [0.1, 0.15) is 0 Å². The van der Waals surface area contributed by atoms with Gasteiger partial charge in [-0.1, -0.05) is 155 Å². The fraction of sp³-hybridized carbons (Fsp3) is 0.457. The molecule has 6 aromatic carbocycles. The van der Waals surface area contributed by atoms with E-state index in [0.717, 1.165) is 0 Å². The number of non-ortho nitro benzene ring substituents is 2. The first-order valence-electron chi connectivity index (χ1n) is 32.7. The van der Waals surface area contributed by atoms with Crippen LogP contribution in [-0.4, -0.2) is 95.3 Å². The van der Waals surface area contributed by atoms with Crippen molar-refractivity contribution < 1.29 is 72.0 Å². The van der Waals surface area contributed by atoms with Gasteiger partial charge in [-0.3, -0.25) is 20.2 Å². The first kappa shape index (κ1) is 80.4. The highest BCUT2D eigenvalue weighted by molar-refractivity contribution is 6.13. The van der Waals surface area contributed by atoms with Crippen molar-refractivity contribution in [1.29, 1.82) is 0 Å². The zero-order valence-corrected chi connectivity index (χ0v) is 58.7. The molecule has 0 aromatic heterocycles. The normalized spacial score (nSPS) is 10.7. The maximum atomic E-state index is 13.2. The molecular weight excluding hydrogens is 1300 g/mol. The van der Waals surface area contributed by atoms with Crippen LogP contribution in [0, 0.1) is 20.2 Å². The molecule has 8 N–H and O–H groups in total. The highest BCUT2D eigenvalue weighted by Crippen LogP contribution is 2.31. The number of halogens is 2. The van der Waals surface area contributed by atoms with Gasteiger partial charge in [-0.25, -0.2) is 19.2 Å². The van der Waals surface area contributed by atoms with E-state index in [2.05, 4.69) is 97.9 Å². The minimum atomic E-state index is -0.642. The Hall–Kier alpha value is -7.66. The first-order valence-corrected chi connectivity index (χ1v) is 32.7. The molecule has 6 rings (SSSR count). The molecule has 0 spiro atoms. The fourth-order valence-corrected chi connectivity index (χ4v) is 10.7. The molecule has 0 atom stereocenters. The predicted molar refractivity (Wildman–Crippen MR) is 372 cm³/mol. The van der Waals surface area contributed by atoms with Crippen molar-refractivity contribution in [2.75, 3.05) is 94.9 Å². The number of unbranched alkanes of at least 4 members (excludes halogenated alkanes) is 8. The minimum Gasteiger partial charge on any atom is -1.00 e. The number of amides is 8. The van der Waals surface area contributed by atoms with Crippen LogP contribution in [0.4, 0.5) is 76.1 Å². The molecule has 0 unspecified atom stereocenters. The van der Waals surface area contributed by atoms with Crippen molar-refractivity contribution >= 4 is 91.8 Å². The number of nitro groups is 2. The number of nitrogens with one attached hydrogen (secondary N) is 8. The van der Waals surface area contributed by atoms with Gasteiger partial charge < -0.3 is 85.5 Å². The number of carbonyl (C=O) groups excluding carboxylic acids is 4. The van der Waals surface area contributed by atoms with Gasteiger partial charge in [-0.05, 0) is 112 Å². The number of nitro benzene ring substituents is 2. The number of anilines is 8. The van der Waals surface area contributed by atoms with Gasteiger partial charge in [0.25, 0.3) is 11.4 Å². The Balaban J connectivity index is 0.000000658. The van der Waals surface area contributed by atoms with Gasteiger partial charge in [-0.15, -0.1) is 0 Å². The lowest BCUT2D eigenvalue weighted by atomic mass is 10.1. The molecular formula is C70H102Br2N12O8. The van der Waals surface area contributed by atoms with Crippen LogP contribution >= 0.6 is 0 Å². The summed E-state index contributed by atoms with van der Waals surface area (Å²) in [4.78, 5) is 72.5. The standard InChI is InChI=1S/C38H30N10O8.2C16H36N.2BrH/c49-35(39-23-15-19-25(20-16-23)47(53)54)43-31-9-1-3-11-33(31)45-37(51)41-29-13-5-8-28-27(29)7-6-14-30(28)42-38(52)46-34-12-4-2-10-32(34)44-36(50)40-24-17-21-26(22-18-24)48(55)56;2*1-5-9-13-17(14-10-6-2,15-11-7-3)16-12-8-4;;/h1-22H,(H2,39,43,49)(H2,40,44,50)(H2,41,45,51)(H2,42,46,52);2*5-16H2,1-4H3;2*1H/q;2*+1;;/p-2. The molecule has 0 fully saturated rings. The Labute approximate surface area is 567 Å². The number of nitrogens with zero attached hydrogens (tertiary/aromatic N) is 4.